The molecule has 0 unspecified atom stereocenters. The van der Waals surface area contributed by atoms with Gasteiger partial charge in [0.25, 0.3) is 0 Å². The summed E-state index contributed by atoms with van der Waals surface area (Å²) in [5.41, 5.74) is 1.11. The Hall–Kier alpha value is -1.31. The maximum atomic E-state index is 11.1. The van der Waals surface area contributed by atoms with Gasteiger partial charge < -0.3 is 4.74 Å². The minimum absolute atomic E-state index is 0.173. The molecule has 1 rings (SSSR count). The molecule has 0 fully saturated rings. The Bertz CT molecular complexity index is 305. The molecule has 0 N–H and O–H groups in total. The third-order valence-electron chi connectivity index (χ3n) is 2.00. The number of aryl methyl sites for hydroxylation is 1. The second kappa shape index (κ2) is 5.43. The van der Waals surface area contributed by atoms with Crippen molar-refractivity contribution in [2.45, 2.75) is 33.1 Å². The van der Waals surface area contributed by atoms with E-state index in [-0.39, 0.29) is 5.97 Å². The van der Waals surface area contributed by atoms with Crippen LogP contribution >= 0.6 is 0 Å². The zero-order valence-corrected chi connectivity index (χ0v) is 8.75. The van der Waals surface area contributed by atoms with Crippen LogP contribution in [0, 0.1) is 0 Å². The highest BCUT2D eigenvalue weighted by molar-refractivity contribution is 5.72. The summed E-state index contributed by atoms with van der Waals surface area (Å²) in [5.74, 6) is 0.537. The second-order valence-electron chi connectivity index (χ2n) is 3.19. The van der Waals surface area contributed by atoms with Gasteiger partial charge in [-0.25, -0.2) is 0 Å². The first-order valence-electron chi connectivity index (χ1n) is 5.06. The molecule has 0 amide bonds. The number of hydrogen-bond donors (Lipinski definition) is 0. The van der Waals surface area contributed by atoms with Crippen molar-refractivity contribution in [3.63, 3.8) is 0 Å². The molecular formula is C12H16O2. The lowest BCUT2D eigenvalue weighted by Gasteiger charge is -2.07. The number of ether oxygens (including phenoxy) is 1. The Kier molecular flexibility index (Phi) is 4.17. The highest BCUT2D eigenvalue weighted by Gasteiger charge is 2.05. The van der Waals surface area contributed by atoms with Crippen LogP contribution in [0.2, 0.25) is 0 Å². The molecule has 2 nitrogen and oxygen atoms in total. The summed E-state index contributed by atoms with van der Waals surface area (Å²) in [5, 5.41) is 0. The van der Waals surface area contributed by atoms with Crippen LogP contribution in [0.4, 0.5) is 0 Å². The number of carbonyl (C=O) groups excluding carboxylic acids is 1. The van der Waals surface area contributed by atoms with Gasteiger partial charge in [-0.2, -0.15) is 0 Å². The van der Waals surface area contributed by atoms with E-state index in [4.69, 9.17) is 4.74 Å². The van der Waals surface area contributed by atoms with Crippen molar-refractivity contribution in [3.8, 4) is 5.75 Å². The Morgan fingerprint density at radius 1 is 1.29 bits per heavy atom. The molecule has 0 saturated carbocycles. The Morgan fingerprint density at radius 2 is 2.00 bits per heavy atom. The lowest BCUT2D eigenvalue weighted by Crippen LogP contribution is -2.07. The zero-order chi connectivity index (χ0) is 10.4. The molecule has 0 saturated heterocycles. The van der Waals surface area contributed by atoms with Crippen LogP contribution < -0.4 is 4.74 Å². The third-order valence-corrected chi connectivity index (χ3v) is 2.00. The lowest BCUT2D eigenvalue weighted by molar-refractivity contribution is -0.134. The SMILES string of the molecule is CCCc1ccccc1OC(=O)CC. The molecule has 0 atom stereocenters. The van der Waals surface area contributed by atoms with Gasteiger partial charge in [0.1, 0.15) is 5.75 Å². The molecule has 0 bridgehead atoms. The normalized spacial score (nSPS) is 9.86. The largest absolute Gasteiger partial charge is 0.426 e. The summed E-state index contributed by atoms with van der Waals surface area (Å²) in [6.07, 6.45) is 2.42. The van der Waals surface area contributed by atoms with Crippen LogP contribution in [0.3, 0.4) is 0 Å². The average molecular weight is 192 g/mol. The molecule has 0 aliphatic rings. The summed E-state index contributed by atoms with van der Waals surface area (Å²) >= 11 is 0. The fourth-order valence-corrected chi connectivity index (χ4v) is 1.27. The van der Waals surface area contributed by atoms with Crippen LogP contribution in [0.1, 0.15) is 32.3 Å². The number of benzene rings is 1. The van der Waals surface area contributed by atoms with Gasteiger partial charge in [-0.05, 0) is 18.1 Å². The minimum atomic E-state index is -0.173. The van der Waals surface area contributed by atoms with E-state index < -0.39 is 0 Å². The summed E-state index contributed by atoms with van der Waals surface area (Å²) in [7, 11) is 0. The van der Waals surface area contributed by atoms with E-state index in [1.807, 2.05) is 24.3 Å². The summed E-state index contributed by atoms with van der Waals surface area (Å²) in [6, 6.07) is 7.70. The van der Waals surface area contributed by atoms with Crippen LogP contribution in [0.15, 0.2) is 24.3 Å². The number of para-hydroxylation sites is 1. The molecule has 76 valence electrons. The Morgan fingerprint density at radius 3 is 2.64 bits per heavy atom. The highest BCUT2D eigenvalue weighted by Crippen LogP contribution is 2.19. The maximum Gasteiger partial charge on any atom is 0.310 e. The molecule has 0 radical (unpaired) electrons. The van der Waals surface area contributed by atoms with Gasteiger partial charge in [-0.1, -0.05) is 38.5 Å². The van der Waals surface area contributed by atoms with E-state index in [1.54, 1.807) is 6.92 Å². The second-order valence-corrected chi connectivity index (χ2v) is 3.19. The summed E-state index contributed by atoms with van der Waals surface area (Å²) in [4.78, 5) is 11.1. The van der Waals surface area contributed by atoms with Crippen molar-refractivity contribution in [2.75, 3.05) is 0 Å². The van der Waals surface area contributed by atoms with Gasteiger partial charge in [-0.15, -0.1) is 0 Å². The van der Waals surface area contributed by atoms with Crippen molar-refractivity contribution in [1.82, 2.24) is 0 Å². The smallest absolute Gasteiger partial charge is 0.310 e. The fraction of sp³-hybridized carbons (Fsp3) is 0.417. The minimum Gasteiger partial charge on any atom is -0.426 e. The Balaban J connectivity index is 2.78. The molecule has 0 aliphatic heterocycles. The standard InChI is InChI=1S/C12H16O2/c1-3-7-10-8-5-6-9-11(10)14-12(13)4-2/h5-6,8-9H,3-4,7H2,1-2H3. The number of carbonyl (C=O) groups is 1. The lowest BCUT2D eigenvalue weighted by atomic mass is 10.1. The van der Waals surface area contributed by atoms with Crippen molar-refractivity contribution < 1.29 is 9.53 Å². The molecule has 1 aromatic rings. The number of esters is 1. The molecule has 1 aromatic carbocycles. The maximum absolute atomic E-state index is 11.1. The Labute approximate surface area is 84.9 Å². The first kappa shape index (κ1) is 10.8. The van der Waals surface area contributed by atoms with Gasteiger partial charge in [0, 0.05) is 6.42 Å². The van der Waals surface area contributed by atoms with Gasteiger partial charge in [0.05, 0.1) is 0 Å². The predicted molar refractivity (Wildman–Crippen MR) is 56.4 cm³/mol. The molecule has 14 heavy (non-hydrogen) atoms. The fourth-order valence-electron chi connectivity index (χ4n) is 1.27. The quantitative estimate of drug-likeness (QED) is 0.541. The number of hydrogen-bond acceptors (Lipinski definition) is 2. The van der Waals surface area contributed by atoms with Gasteiger partial charge in [-0.3, -0.25) is 4.79 Å². The van der Waals surface area contributed by atoms with Gasteiger partial charge in [0.15, 0.2) is 0 Å². The topological polar surface area (TPSA) is 26.3 Å². The average Bonchev–Trinajstić information content (AvgIpc) is 2.21. The van der Waals surface area contributed by atoms with Crippen LogP contribution in [0.5, 0.6) is 5.75 Å². The van der Waals surface area contributed by atoms with E-state index in [1.165, 1.54) is 0 Å². The van der Waals surface area contributed by atoms with E-state index >= 15 is 0 Å². The summed E-state index contributed by atoms with van der Waals surface area (Å²) in [6.45, 7) is 3.91. The third kappa shape index (κ3) is 2.87. The molecule has 0 aromatic heterocycles. The van der Waals surface area contributed by atoms with E-state index in [2.05, 4.69) is 6.92 Å². The van der Waals surface area contributed by atoms with Crippen LogP contribution in [-0.4, -0.2) is 5.97 Å². The van der Waals surface area contributed by atoms with Crippen LogP contribution in [-0.2, 0) is 11.2 Å². The van der Waals surface area contributed by atoms with Crippen molar-refractivity contribution in [1.29, 1.82) is 0 Å². The van der Waals surface area contributed by atoms with Crippen molar-refractivity contribution in [2.24, 2.45) is 0 Å². The van der Waals surface area contributed by atoms with Crippen LogP contribution in [0.25, 0.3) is 0 Å². The molecule has 2 heteroatoms. The van der Waals surface area contributed by atoms with Gasteiger partial charge in [0.2, 0.25) is 0 Å². The summed E-state index contributed by atoms with van der Waals surface area (Å²) < 4.78 is 5.21. The van der Waals surface area contributed by atoms with E-state index in [0.29, 0.717) is 12.2 Å². The predicted octanol–water partition coefficient (Wildman–Crippen LogP) is 2.95. The van der Waals surface area contributed by atoms with Crippen molar-refractivity contribution in [3.05, 3.63) is 29.8 Å². The highest BCUT2D eigenvalue weighted by atomic mass is 16.5. The molecule has 0 heterocycles. The van der Waals surface area contributed by atoms with E-state index in [0.717, 1.165) is 18.4 Å². The first-order valence-corrected chi connectivity index (χ1v) is 5.06. The molecule has 0 aliphatic carbocycles. The zero-order valence-electron chi connectivity index (χ0n) is 8.75. The first-order chi connectivity index (χ1) is 6.77. The van der Waals surface area contributed by atoms with E-state index in [9.17, 15) is 4.79 Å². The van der Waals surface area contributed by atoms with Gasteiger partial charge >= 0.3 is 5.97 Å². The number of rotatable bonds is 4. The molecular weight excluding hydrogens is 176 g/mol. The monoisotopic (exact) mass is 192 g/mol. The molecule has 0 spiro atoms. The van der Waals surface area contributed by atoms with Crippen molar-refractivity contribution >= 4 is 5.97 Å².